The number of aromatic nitrogens is 1. The van der Waals surface area contributed by atoms with Crippen molar-refractivity contribution in [2.24, 2.45) is 0 Å². The number of rotatable bonds is 4. The SMILES string of the molecule is CCc1ccc(C2c3cccn3CCCN2Cc2cccs2)cc1. The predicted octanol–water partition coefficient (Wildman–Crippen LogP) is 5.11. The number of fused-ring (bicyclic) bond motifs is 1. The average Bonchev–Trinajstić information content (AvgIpc) is 3.25. The maximum absolute atomic E-state index is 2.64. The van der Waals surface area contributed by atoms with E-state index in [2.05, 4.69) is 76.5 Å². The molecule has 24 heavy (non-hydrogen) atoms. The molecule has 1 unspecified atom stereocenters. The third-order valence-electron chi connectivity index (χ3n) is 5.00. The minimum atomic E-state index is 0.343. The normalized spacial score (nSPS) is 18.3. The molecule has 1 aromatic carbocycles. The van der Waals surface area contributed by atoms with E-state index in [0.717, 1.165) is 26.1 Å². The van der Waals surface area contributed by atoms with Crippen molar-refractivity contribution in [2.75, 3.05) is 6.54 Å². The molecule has 0 bridgehead atoms. The van der Waals surface area contributed by atoms with Gasteiger partial charge in [-0.3, -0.25) is 4.90 Å². The summed E-state index contributed by atoms with van der Waals surface area (Å²) in [4.78, 5) is 4.09. The Bertz CT molecular complexity index is 771. The Morgan fingerprint density at radius 3 is 2.67 bits per heavy atom. The van der Waals surface area contributed by atoms with Crippen molar-refractivity contribution in [3.8, 4) is 0 Å². The quantitative estimate of drug-likeness (QED) is 0.643. The molecule has 1 aliphatic rings. The number of benzene rings is 1. The summed E-state index contributed by atoms with van der Waals surface area (Å²) in [5.74, 6) is 0. The van der Waals surface area contributed by atoms with Crippen LogP contribution < -0.4 is 0 Å². The zero-order valence-electron chi connectivity index (χ0n) is 14.2. The first-order valence-electron chi connectivity index (χ1n) is 8.85. The minimum absolute atomic E-state index is 0.343. The lowest BCUT2D eigenvalue weighted by atomic mass is 9.99. The van der Waals surface area contributed by atoms with Crippen LogP contribution in [0.5, 0.6) is 0 Å². The highest BCUT2D eigenvalue weighted by Gasteiger charge is 2.27. The Morgan fingerprint density at radius 1 is 1.04 bits per heavy atom. The van der Waals surface area contributed by atoms with Crippen LogP contribution in [0.15, 0.2) is 60.1 Å². The molecule has 2 nitrogen and oxygen atoms in total. The number of aryl methyl sites for hydroxylation is 2. The van der Waals surface area contributed by atoms with Gasteiger partial charge >= 0.3 is 0 Å². The van der Waals surface area contributed by atoms with E-state index in [1.807, 2.05) is 11.3 Å². The fourth-order valence-corrected chi connectivity index (χ4v) is 4.46. The molecule has 3 heterocycles. The van der Waals surface area contributed by atoms with Crippen LogP contribution in [0, 0.1) is 0 Å². The predicted molar refractivity (Wildman–Crippen MR) is 101 cm³/mol. The minimum Gasteiger partial charge on any atom is -0.350 e. The molecule has 0 saturated heterocycles. The van der Waals surface area contributed by atoms with E-state index >= 15 is 0 Å². The first kappa shape index (κ1) is 15.7. The van der Waals surface area contributed by atoms with E-state index in [9.17, 15) is 0 Å². The lowest BCUT2D eigenvalue weighted by molar-refractivity contribution is 0.222. The lowest BCUT2D eigenvalue weighted by Crippen LogP contribution is -2.29. The second-order valence-electron chi connectivity index (χ2n) is 6.53. The van der Waals surface area contributed by atoms with Gasteiger partial charge in [-0.15, -0.1) is 11.3 Å². The third kappa shape index (κ3) is 3.06. The van der Waals surface area contributed by atoms with Crippen molar-refractivity contribution in [2.45, 2.75) is 38.9 Å². The van der Waals surface area contributed by atoms with Gasteiger partial charge in [-0.25, -0.2) is 0 Å². The van der Waals surface area contributed by atoms with Gasteiger partial charge in [-0.2, -0.15) is 0 Å². The van der Waals surface area contributed by atoms with Crippen LogP contribution >= 0.6 is 11.3 Å². The van der Waals surface area contributed by atoms with Crippen LogP contribution in [0.1, 0.15) is 41.1 Å². The van der Waals surface area contributed by atoms with Gasteiger partial charge in [0.15, 0.2) is 0 Å². The molecule has 124 valence electrons. The smallest absolute Gasteiger partial charge is 0.0759 e. The van der Waals surface area contributed by atoms with Gasteiger partial charge in [-0.1, -0.05) is 37.3 Å². The third-order valence-corrected chi connectivity index (χ3v) is 5.86. The van der Waals surface area contributed by atoms with Crippen molar-refractivity contribution < 1.29 is 0 Å². The number of nitrogens with zero attached hydrogens (tertiary/aromatic N) is 2. The van der Waals surface area contributed by atoms with Crippen LogP contribution in [0.2, 0.25) is 0 Å². The van der Waals surface area contributed by atoms with Crippen LogP contribution in [-0.4, -0.2) is 16.0 Å². The van der Waals surface area contributed by atoms with E-state index in [1.54, 1.807) is 0 Å². The topological polar surface area (TPSA) is 8.17 Å². The van der Waals surface area contributed by atoms with Crippen molar-refractivity contribution in [1.82, 2.24) is 9.47 Å². The maximum Gasteiger partial charge on any atom is 0.0759 e. The molecule has 0 radical (unpaired) electrons. The molecule has 3 heteroatoms. The molecule has 1 atom stereocenters. The van der Waals surface area contributed by atoms with E-state index in [4.69, 9.17) is 0 Å². The molecule has 0 saturated carbocycles. The van der Waals surface area contributed by atoms with E-state index < -0.39 is 0 Å². The van der Waals surface area contributed by atoms with Crippen LogP contribution in [0.25, 0.3) is 0 Å². The first-order chi connectivity index (χ1) is 11.8. The fourth-order valence-electron chi connectivity index (χ4n) is 3.73. The molecule has 0 N–H and O–H groups in total. The molecule has 3 aromatic rings. The second-order valence-corrected chi connectivity index (χ2v) is 7.56. The Morgan fingerprint density at radius 2 is 1.92 bits per heavy atom. The Kier molecular flexibility index (Phi) is 4.54. The Labute approximate surface area is 148 Å². The number of thiophene rings is 1. The summed E-state index contributed by atoms with van der Waals surface area (Å²) in [5, 5.41) is 2.18. The van der Waals surface area contributed by atoms with E-state index in [0.29, 0.717) is 6.04 Å². The summed E-state index contributed by atoms with van der Waals surface area (Å²) in [6, 6.07) is 18.5. The summed E-state index contributed by atoms with van der Waals surface area (Å²) in [6.45, 7) is 5.50. The fraction of sp³-hybridized carbons (Fsp3) is 0.333. The van der Waals surface area contributed by atoms with Gasteiger partial charge in [0, 0.05) is 36.4 Å². The lowest BCUT2D eigenvalue weighted by Gasteiger charge is -2.30. The summed E-state index contributed by atoms with van der Waals surface area (Å²) in [5.41, 5.74) is 4.24. The summed E-state index contributed by atoms with van der Waals surface area (Å²) in [7, 11) is 0. The van der Waals surface area contributed by atoms with Gasteiger partial charge in [-0.05, 0) is 47.5 Å². The highest BCUT2D eigenvalue weighted by Crippen LogP contribution is 2.33. The van der Waals surface area contributed by atoms with Gasteiger partial charge < -0.3 is 4.57 Å². The average molecular weight is 337 g/mol. The highest BCUT2D eigenvalue weighted by molar-refractivity contribution is 7.09. The zero-order chi connectivity index (χ0) is 16.4. The molecule has 2 aromatic heterocycles. The highest BCUT2D eigenvalue weighted by atomic mass is 32.1. The maximum atomic E-state index is 2.64. The van der Waals surface area contributed by atoms with Crippen LogP contribution in [0.3, 0.4) is 0 Å². The van der Waals surface area contributed by atoms with Crippen molar-refractivity contribution >= 4 is 11.3 Å². The molecule has 4 rings (SSSR count). The number of hydrogen-bond acceptors (Lipinski definition) is 2. The van der Waals surface area contributed by atoms with Gasteiger partial charge in [0.05, 0.1) is 6.04 Å². The largest absolute Gasteiger partial charge is 0.350 e. The summed E-state index contributed by atoms with van der Waals surface area (Å²) < 4.78 is 2.44. The summed E-state index contributed by atoms with van der Waals surface area (Å²) >= 11 is 1.86. The second kappa shape index (κ2) is 6.96. The van der Waals surface area contributed by atoms with E-state index in [1.165, 1.54) is 28.1 Å². The van der Waals surface area contributed by atoms with Crippen LogP contribution in [0.4, 0.5) is 0 Å². The van der Waals surface area contributed by atoms with Gasteiger partial charge in [0.25, 0.3) is 0 Å². The molecule has 0 aliphatic carbocycles. The summed E-state index contributed by atoms with van der Waals surface area (Å²) in [6.07, 6.45) is 4.54. The van der Waals surface area contributed by atoms with Crippen LogP contribution in [-0.2, 0) is 19.5 Å². The standard InChI is InChI=1S/C21H24N2S/c1-2-17-8-10-18(11-9-17)21-20-7-3-12-22(20)13-5-14-23(21)16-19-6-4-15-24-19/h3-4,6-12,15,21H,2,5,13-14,16H2,1H3. The molecule has 0 amide bonds. The van der Waals surface area contributed by atoms with Crippen molar-refractivity contribution in [3.05, 3.63) is 81.8 Å². The monoisotopic (exact) mass is 336 g/mol. The molecule has 0 fully saturated rings. The van der Waals surface area contributed by atoms with Gasteiger partial charge in [0.2, 0.25) is 0 Å². The Hall–Kier alpha value is -1.84. The van der Waals surface area contributed by atoms with Crippen molar-refractivity contribution in [1.29, 1.82) is 0 Å². The molecule has 0 spiro atoms. The molecular weight excluding hydrogens is 312 g/mol. The van der Waals surface area contributed by atoms with E-state index in [-0.39, 0.29) is 0 Å². The van der Waals surface area contributed by atoms with Gasteiger partial charge in [0.1, 0.15) is 0 Å². The zero-order valence-corrected chi connectivity index (χ0v) is 15.0. The molecule has 1 aliphatic heterocycles. The Balaban J connectivity index is 1.73. The first-order valence-corrected chi connectivity index (χ1v) is 9.73. The number of hydrogen-bond donors (Lipinski definition) is 0. The van der Waals surface area contributed by atoms with Crippen molar-refractivity contribution in [3.63, 3.8) is 0 Å². The molecular formula is C21H24N2S.